The highest BCUT2D eigenvalue weighted by Crippen LogP contribution is 2.16. The number of amides is 1. The van der Waals surface area contributed by atoms with Crippen molar-refractivity contribution in [3.63, 3.8) is 0 Å². The van der Waals surface area contributed by atoms with Crippen molar-refractivity contribution >= 4 is 11.7 Å². The van der Waals surface area contributed by atoms with Crippen molar-refractivity contribution in [2.75, 3.05) is 11.9 Å². The monoisotopic (exact) mass is 259 g/mol. The zero-order chi connectivity index (χ0) is 13.8. The number of aryl methyl sites for hydroxylation is 3. The van der Waals surface area contributed by atoms with Crippen LogP contribution in [0.4, 0.5) is 5.82 Å². The number of carbonyl (C=O) groups is 1. The van der Waals surface area contributed by atoms with E-state index in [4.69, 9.17) is 4.74 Å². The molecule has 0 bridgehead atoms. The second kappa shape index (κ2) is 5.56. The smallest absolute Gasteiger partial charge is 0.263 e. The molecule has 0 spiro atoms. The van der Waals surface area contributed by atoms with E-state index >= 15 is 0 Å². The Morgan fingerprint density at radius 3 is 2.74 bits per heavy atom. The highest BCUT2D eigenvalue weighted by atomic mass is 16.5. The Morgan fingerprint density at radius 2 is 2.11 bits per heavy atom. The minimum atomic E-state index is -0.225. The fourth-order valence-corrected chi connectivity index (χ4v) is 1.61. The van der Waals surface area contributed by atoms with Crippen LogP contribution in [0.25, 0.3) is 0 Å². The Bertz CT molecular complexity index is 590. The van der Waals surface area contributed by atoms with Crippen molar-refractivity contribution in [3.8, 4) is 5.75 Å². The van der Waals surface area contributed by atoms with Crippen LogP contribution >= 0.6 is 0 Å². The van der Waals surface area contributed by atoms with Gasteiger partial charge in [0.1, 0.15) is 5.75 Å². The van der Waals surface area contributed by atoms with Crippen molar-refractivity contribution in [1.82, 2.24) is 9.78 Å². The Kier molecular flexibility index (Phi) is 3.85. The first kappa shape index (κ1) is 13.1. The molecule has 0 aliphatic carbocycles. The fraction of sp³-hybridized carbons (Fsp3) is 0.286. The highest BCUT2D eigenvalue weighted by molar-refractivity contribution is 5.90. The number of hydrogen-bond donors (Lipinski definition) is 1. The van der Waals surface area contributed by atoms with Crippen LogP contribution in [-0.4, -0.2) is 22.3 Å². The first-order valence-corrected chi connectivity index (χ1v) is 6.04. The molecule has 0 fully saturated rings. The number of carbonyl (C=O) groups excluding carboxylic acids is 1. The zero-order valence-corrected chi connectivity index (χ0v) is 11.3. The summed E-state index contributed by atoms with van der Waals surface area (Å²) in [6, 6.07) is 7.48. The van der Waals surface area contributed by atoms with Crippen molar-refractivity contribution < 1.29 is 9.53 Å². The number of nitrogens with zero attached hydrogens (tertiary/aromatic N) is 2. The molecule has 0 atom stereocenters. The number of hydrogen-bond acceptors (Lipinski definition) is 3. The van der Waals surface area contributed by atoms with Gasteiger partial charge in [-0.05, 0) is 37.1 Å². The molecule has 5 heteroatoms. The summed E-state index contributed by atoms with van der Waals surface area (Å²) in [6.07, 6.45) is 1.76. The summed E-state index contributed by atoms with van der Waals surface area (Å²) in [5.41, 5.74) is 2.34. The summed E-state index contributed by atoms with van der Waals surface area (Å²) < 4.78 is 7.06. The van der Waals surface area contributed by atoms with E-state index in [1.807, 2.05) is 32.0 Å². The molecule has 0 radical (unpaired) electrons. The summed E-state index contributed by atoms with van der Waals surface area (Å²) in [4.78, 5) is 11.7. The topological polar surface area (TPSA) is 56.1 Å². The van der Waals surface area contributed by atoms with E-state index in [9.17, 15) is 4.79 Å². The van der Waals surface area contributed by atoms with Crippen LogP contribution in [0.2, 0.25) is 0 Å². The van der Waals surface area contributed by atoms with Crippen LogP contribution in [0.15, 0.2) is 30.5 Å². The number of nitrogens with one attached hydrogen (secondary N) is 1. The van der Waals surface area contributed by atoms with Gasteiger partial charge in [0, 0.05) is 19.3 Å². The Labute approximate surface area is 112 Å². The Hall–Kier alpha value is -2.30. The normalized spacial score (nSPS) is 10.3. The molecule has 0 aliphatic rings. The van der Waals surface area contributed by atoms with E-state index in [2.05, 4.69) is 10.4 Å². The predicted molar refractivity (Wildman–Crippen MR) is 73.2 cm³/mol. The lowest BCUT2D eigenvalue weighted by Gasteiger charge is -2.08. The van der Waals surface area contributed by atoms with Crippen LogP contribution in [-0.2, 0) is 11.8 Å². The summed E-state index contributed by atoms with van der Waals surface area (Å²) >= 11 is 0. The maximum absolute atomic E-state index is 11.7. The highest BCUT2D eigenvalue weighted by Gasteiger charge is 2.06. The van der Waals surface area contributed by atoms with Crippen LogP contribution in [0.5, 0.6) is 5.75 Å². The van der Waals surface area contributed by atoms with Gasteiger partial charge in [-0.2, -0.15) is 5.10 Å². The largest absolute Gasteiger partial charge is 0.484 e. The van der Waals surface area contributed by atoms with Gasteiger partial charge in [0.15, 0.2) is 12.4 Å². The summed E-state index contributed by atoms with van der Waals surface area (Å²) in [5, 5.41) is 6.72. The number of benzene rings is 1. The van der Waals surface area contributed by atoms with Crippen LogP contribution in [0.1, 0.15) is 11.1 Å². The Morgan fingerprint density at radius 1 is 1.32 bits per heavy atom. The third kappa shape index (κ3) is 3.58. The molecule has 1 aromatic carbocycles. The molecule has 0 aliphatic heterocycles. The van der Waals surface area contributed by atoms with E-state index in [1.54, 1.807) is 24.0 Å². The number of ether oxygens (including phenoxy) is 1. The van der Waals surface area contributed by atoms with Gasteiger partial charge in [-0.15, -0.1) is 0 Å². The van der Waals surface area contributed by atoms with Gasteiger partial charge in [0.25, 0.3) is 5.91 Å². The van der Waals surface area contributed by atoms with Gasteiger partial charge in [0.2, 0.25) is 0 Å². The van der Waals surface area contributed by atoms with Gasteiger partial charge >= 0.3 is 0 Å². The van der Waals surface area contributed by atoms with E-state index in [-0.39, 0.29) is 12.5 Å². The minimum absolute atomic E-state index is 0.0287. The van der Waals surface area contributed by atoms with Crippen LogP contribution < -0.4 is 10.1 Å². The van der Waals surface area contributed by atoms with Crippen molar-refractivity contribution in [1.29, 1.82) is 0 Å². The fourth-order valence-electron chi connectivity index (χ4n) is 1.61. The lowest BCUT2D eigenvalue weighted by Crippen LogP contribution is -2.20. The average Bonchev–Trinajstić information content (AvgIpc) is 2.76. The van der Waals surface area contributed by atoms with Crippen molar-refractivity contribution in [2.24, 2.45) is 7.05 Å². The first-order chi connectivity index (χ1) is 9.04. The SMILES string of the molecule is Cc1ccc(OCC(=O)Nc2ccn(C)n2)cc1C. The van der Waals surface area contributed by atoms with E-state index < -0.39 is 0 Å². The van der Waals surface area contributed by atoms with Crippen molar-refractivity contribution in [2.45, 2.75) is 13.8 Å². The molecule has 1 amide bonds. The molecule has 0 saturated carbocycles. The number of aromatic nitrogens is 2. The quantitative estimate of drug-likeness (QED) is 0.914. The molecule has 19 heavy (non-hydrogen) atoms. The zero-order valence-electron chi connectivity index (χ0n) is 11.3. The molecular weight excluding hydrogens is 242 g/mol. The molecule has 0 unspecified atom stereocenters. The third-order valence-electron chi connectivity index (χ3n) is 2.83. The minimum Gasteiger partial charge on any atom is -0.484 e. The summed E-state index contributed by atoms with van der Waals surface area (Å²) in [5.74, 6) is 0.993. The summed E-state index contributed by atoms with van der Waals surface area (Å²) in [6.45, 7) is 4.02. The van der Waals surface area contributed by atoms with Gasteiger partial charge in [-0.1, -0.05) is 6.07 Å². The molecule has 5 nitrogen and oxygen atoms in total. The van der Waals surface area contributed by atoms with E-state index in [0.717, 1.165) is 5.56 Å². The molecule has 1 aromatic heterocycles. The molecule has 0 saturated heterocycles. The predicted octanol–water partition coefficient (Wildman–Crippen LogP) is 2.05. The lowest BCUT2D eigenvalue weighted by atomic mass is 10.1. The van der Waals surface area contributed by atoms with Gasteiger partial charge in [0.05, 0.1) is 0 Å². The molecule has 100 valence electrons. The molecule has 1 N–H and O–H groups in total. The Balaban J connectivity index is 1.88. The maximum Gasteiger partial charge on any atom is 0.263 e. The van der Waals surface area contributed by atoms with E-state index in [0.29, 0.717) is 11.6 Å². The van der Waals surface area contributed by atoms with E-state index in [1.165, 1.54) is 5.56 Å². The summed E-state index contributed by atoms with van der Waals surface area (Å²) in [7, 11) is 1.79. The lowest BCUT2D eigenvalue weighted by molar-refractivity contribution is -0.118. The second-order valence-electron chi connectivity index (χ2n) is 4.46. The maximum atomic E-state index is 11.7. The van der Waals surface area contributed by atoms with Crippen LogP contribution in [0, 0.1) is 13.8 Å². The first-order valence-electron chi connectivity index (χ1n) is 6.04. The molecular formula is C14H17N3O2. The van der Waals surface area contributed by atoms with Crippen molar-refractivity contribution in [3.05, 3.63) is 41.6 Å². The number of anilines is 1. The van der Waals surface area contributed by atoms with Crippen LogP contribution in [0.3, 0.4) is 0 Å². The van der Waals surface area contributed by atoms with Gasteiger partial charge in [-0.25, -0.2) is 0 Å². The molecule has 2 aromatic rings. The standard InChI is InChI=1S/C14H17N3O2/c1-10-4-5-12(8-11(10)2)19-9-14(18)15-13-6-7-17(3)16-13/h4-8H,9H2,1-3H3,(H,15,16,18). The van der Waals surface area contributed by atoms with Gasteiger partial charge in [-0.3, -0.25) is 9.48 Å². The molecule has 1 heterocycles. The molecule has 2 rings (SSSR count). The third-order valence-corrected chi connectivity index (χ3v) is 2.83. The number of rotatable bonds is 4. The van der Waals surface area contributed by atoms with Gasteiger partial charge < -0.3 is 10.1 Å². The average molecular weight is 259 g/mol. The second-order valence-corrected chi connectivity index (χ2v) is 4.46.